The molecule has 124 valence electrons. The molecular weight excluding hydrogens is 290 g/mol. The second kappa shape index (κ2) is 7.81. The normalized spacial score (nSPS) is 10.6. The minimum absolute atomic E-state index is 0.0612. The Morgan fingerprint density at radius 2 is 2.09 bits per heavy atom. The molecule has 0 fully saturated rings. The van der Waals surface area contributed by atoms with E-state index in [0.717, 1.165) is 22.7 Å². The lowest BCUT2D eigenvalue weighted by Crippen LogP contribution is -2.28. The highest BCUT2D eigenvalue weighted by molar-refractivity contribution is 5.76. The van der Waals surface area contributed by atoms with E-state index in [1.54, 1.807) is 7.11 Å². The Kier molecular flexibility index (Phi) is 5.79. The number of amides is 1. The summed E-state index contributed by atoms with van der Waals surface area (Å²) < 4.78 is 7.14. The van der Waals surface area contributed by atoms with Crippen molar-refractivity contribution in [1.29, 1.82) is 0 Å². The van der Waals surface area contributed by atoms with Gasteiger partial charge in [-0.25, -0.2) is 0 Å². The van der Waals surface area contributed by atoms with Gasteiger partial charge in [0, 0.05) is 18.7 Å². The van der Waals surface area contributed by atoms with Gasteiger partial charge in [-0.1, -0.05) is 12.1 Å². The number of carbonyl (C=O) groups excluding carboxylic acids is 1. The van der Waals surface area contributed by atoms with Crippen molar-refractivity contribution >= 4 is 5.91 Å². The topological polar surface area (TPSA) is 56.1 Å². The Morgan fingerprint density at radius 3 is 2.74 bits per heavy atom. The summed E-state index contributed by atoms with van der Waals surface area (Å²) >= 11 is 0. The molecule has 0 bridgehead atoms. The van der Waals surface area contributed by atoms with E-state index in [-0.39, 0.29) is 5.91 Å². The average molecular weight is 315 g/mol. The fraction of sp³-hybridized carbons (Fsp3) is 0.444. The van der Waals surface area contributed by atoms with Gasteiger partial charge in [0.2, 0.25) is 5.91 Å². The van der Waals surface area contributed by atoms with Crippen molar-refractivity contribution in [3.8, 4) is 5.75 Å². The Morgan fingerprint density at radius 1 is 1.30 bits per heavy atom. The number of methoxy groups -OCH3 is 1. The van der Waals surface area contributed by atoms with E-state index < -0.39 is 0 Å². The van der Waals surface area contributed by atoms with E-state index in [0.29, 0.717) is 25.9 Å². The highest BCUT2D eigenvalue weighted by Crippen LogP contribution is 2.14. The number of hydrogen-bond donors (Lipinski definition) is 1. The van der Waals surface area contributed by atoms with Crippen LogP contribution in [0, 0.1) is 20.8 Å². The molecule has 0 spiro atoms. The van der Waals surface area contributed by atoms with Crippen LogP contribution in [0.3, 0.4) is 0 Å². The molecule has 23 heavy (non-hydrogen) atoms. The number of rotatable bonds is 7. The van der Waals surface area contributed by atoms with Crippen LogP contribution in [0.4, 0.5) is 0 Å². The molecule has 0 unspecified atom stereocenters. The Bertz CT molecular complexity index is 677. The molecule has 5 heteroatoms. The molecule has 1 N–H and O–H groups in total. The SMILES string of the molecule is COc1cccc(CCC(=O)NCCn2nc(C)c(C)c2C)c1. The number of nitrogens with one attached hydrogen (secondary N) is 1. The van der Waals surface area contributed by atoms with E-state index in [9.17, 15) is 4.79 Å². The number of aromatic nitrogens is 2. The molecule has 5 nitrogen and oxygen atoms in total. The van der Waals surface area contributed by atoms with Crippen molar-refractivity contribution in [2.45, 2.75) is 40.2 Å². The number of nitrogens with zero attached hydrogens (tertiary/aromatic N) is 2. The summed E-state index contributed by atoms with van der Waals surface area (Å²) in [7, 11) is 1.65. The van der Waals surface area contributed by atoms with Gasteiger partial charge in [0.25, 0.3) is 0 Å². The van der Waals surface area contributed by atoms with Gasteiger partial charge < -0.3 is 10.1 Å². The average Bonchev–Trinajstić information content (AvgIpc) is 2.80. The molecule has 0 aliphatic rings. The highest BCUT2D eigenvalue weighted by Gasteiger charge is 2.07. The number of hydrogen-bond acceptors (Lipinski definition) is 3. The van der Waals surface area contributed by atoms with E-state index in [1.807, 2.05) is 35.9 Å². The summed E-state index contributed by atoms with van der Waals surface area (Å²) in [5, 5.41) is 7.43. The summed E-state index contributed by atoms with van der Waals surface area (Å²) in [5.41, 5.74) is 4.53. The largest absolute Gasteiger partial charge is 0.497 e. The van der Waals surface area contributed by atoms with Crippen LogP contribution < -0.4 is 10.1 Å². The van der Waals surface area contributed by atoms with Crippen molar-refractivity contribution in [1.82, 2.24) is 15.1 Å². The van der Waals surface area contributed by atoms with Gasteiger partial charge in [-0.05, 0) is 50.5 Å². The summed E-state index contributed by atoms with van der Waals surface area (Å²) in [4.78, 5) is 11.9. The van der Waals surface area contributed by atoms with Gasteiger partial charge in [-0.2, -0.15) is 5.10 Å². The molecule has 0 saturated heterocycles. The van der Waals surface area contributed by atoms with Crippen LogP contribution >= 0.6 is 0 Å². The second-order valence-corrected chi connectivity index (χ2v) is 5.72. The van der Waals surface area contributed by atoms with E-state index in [1.165, 1.54) is 5.56 Å². The fourth-order valence-corrected chi connectivity index (χ4v) is 2.48. The van der Waals surface area contributed by atoms with Crippen molar-refractivity contribution in [2.75, 3.05) is 13.7 Å². The molecular formula is C18H25N3O2. The van der Waals surface area contributed by atoms with Gasteiger partial charge in [-0.3, -0.25) is 9.48 Å². The van der Waals surface area contributed by atoms with Gasteiger partial charge >= 0.3 is 0 Å². The van der Waals surface area contributed by atoms with Crippen LogP contribution in [0.15, 0.2) is 24.3 Å². The smallest absolute Gasteiger partial charge is 0.220 e. The van der Waals surface area contributed by atoms with E-state index in [2.05, 4.69) is 24.3 Å². The molecule has 0 aliphatic heterocycles. The summed E-state index contributed by atoms with van der Waals surface area (Å²) in [6.07, 6.45) is 1.19. The van der Waals surface area contributed by atoms with Crippen LogP contribution in [-0.4, -0.2) is 29.3 Å². The third kappa shape index (κ3) is 4.58. The molecule has 2 aromatic rings. The van der Waals surface area contributed by atoms with Crippen LogP contribution in [0.2, 0.25) is 0 Å². The quantitative estimate of drug-likeness (QED) is 0.854. The molecule has 0 atom stereocenters. The standard InChI is InChI=1S/C18H25N3O2/c1-13-14(2)20-21(15(13)3)11-10-19-18(22)9-8-16-6-5-7-17(12-16)23-4/h5-7,12H,8-11H2,1-4H3,(H,19,22). The Hall–Kier alpha value is -2.30. The fourth-order valence-electron chi connectivity index (χ4n) is 2.48. The van der Waals surface area contributed by atoms with Gasteiger partial charge in [-0.15, -0.1) is 0 Å². The van der Waals surface area contributed by atoms with Gasteiger partial charge in [0.05, 0.1) is 19.3 Å². The zero-order valence-corrected chi connectivity index (χ0v) is 14.3. The van der Waals surface area contributed by atoms with Crippen molar-refractivity contribution < 1.29 is 9.53 Å². The zero-order chi connectivity index (χ0) is 16.8. The third-order valence-electron chi connectivity index (χ3n) is 4.16. The van der Waals surface area contributed by atoms with Crippen LogP contribution in [0.25, 0.3) is 0 Å². The summed E-state index contributed by atoms with van der Waals surface area (Å²) in [6, 6.07) is 7.82. The predicted octanol–water partition coefficient (Wildman–Crippen LogP) is 2.57. The van der Waals surface area contributed by atoms with E-state index in [4.69, 9.17) is 4.74 Å². The van der Waals surface area contributed by atoms with Gasteiger partial charge in [0.1, 0.15) is 5.75 Å². The maximum atomic E-state index is 11.9. The molecule has 1 aromatic carbocycles. The number of aryl methyl sites for hydroxylation is 2. The third-order valence-corrected chi connectivity index (χ3v) is 4.16. The number of ether oxygens (including phenoxy) is 1. The van der Waals surface area contributed by atoms with Crippen LogP contribution in [-0.2, 0) is 17.8 Å². The highest BCUT2D eigenvalue weighted by atomic mass is 16.5. The molecule has 2 rings (SSSR count). The van der Waals surface area contributed by atoms with Gasteiger partial charge in [0.15, 0.2) is 0 Å². The molecule has 0 saturated carbocycles. The molecule has 0 radical (unpaired) electrons. The summed E-state index contributed by atoms with van der Waals surface area (Å²) in [5.74, 6) is 0.883. The van der Waals surface area contributed by atoms with Crippen molar-refractivity contribution in [3.63, 3.8) is 0 Å². The molecule has 1 amide bonds. The molecule has 1 aromatic heterocycles. The van der Waals surface area contributed by atoms with Crippen molar-refractivity contribution in [3.05, 3.63) is 46.8 Å². The lowest BCUT2D eigenvalue weighted by Gasteiger charge is -2.08. The first-order chi connectivity index (χ1) is 11.0. The maximum Gasteiger partial charge on any atom is 0.220 e. The zero-order valence-electron chi connectivity index (χ0n) is 14.3. The Balaban J connectivity index is 1.75. The first kappa shape index (κ1) is 17.1. The predicted molar refractivity (Wildman–Crippen MR) is 90.8 cm³/mol. The van der Waals surface area contributed by atoms with Crippen LogP contribution in [0.5, 0.6) is 5.75 Å². The molecule has 1 heterocycles. The lowest BCUT2D eigenvalue weighted by molar-refractivity contribution is -0.121. The van der Waals surface area contributed by atoms with E-state index >= 15 is 0 Å². The minimum atomic E-state index is 0.0612. The first-order valence-electron chi connectivity index (χ1n) is 7.91. The number of carbonyl (C=O) groups is 1. The number of benzene rings is 1. The monoisotopic (exact) mass is 315 g/mol. The summed E-state index contributed by atoms with van der Waals surface area (Å²) in [6.45, 7) is 7.43. The van der Waals surface area contributed by atoms with Crippen molar-refractivity contribution in [2.24, 2.45) is 0 Å². The lowest BCUT2D eigenvalue weighted by atomic mass is 10.1. The maximum absolute atomic E-state index is 11.9. The molecule has 0 aliphatic carbocycles. The Labute approximate surface area is 137 Å². The minimum Gasteiger partial charge on any atom is -0.497 e. The van der Waals surface area contributed by atoms with Crippen LogP contribution in [0.1, 0.15) is 28.9 Å². The second-order valence-electron chi connectivity index (χ2n) is 5.72. The first-order valence-corrected chi connectivity index (χ1v) is 7.91.